The van der Waals surface area contributed by atoms with Crippen molar-refractivity contribution in [3.8, 4) is 0 Å². The van der Waals surface area contributed by atoms with Crippen LogP contribution >= 0.6 is 7.83 Å². The number of halogens is 5. The third-order valence-electron chi connectivity index (χ3n) is 0.829. The molecular formula is C3H5F5NO2P. The molecule has 0 aliphatic carbocycles. The van der Waals surface area contributed by atoms with Crippen molar-refractivity contribution in [3.05, 3.63) is 0 Å². The van der Waals surface area contributed by atoms with Crippen LogP contribution in [0.3, 0.4) is 0 Å². The Balaban J connectivity index is 4.01. The first-order valence-electron chi connectivity index (χ1n) is 2.59. The van der Waals surface area contributed by atoms with Crippen molar-refractivity contribution >= 4 is 7.83 Å². The summed E-state index contributed by atoms with van der Waals surface area (Å²) in [5.41, 5.74) is 0. The van der Waals surface area contributed by atoms with Crippen molar-refractivity contribution in [2.24, 2.45) is 0 Å². The van der Waals surface area contributed by atoms with Crippen molar-refractivity contribution < 1.29 is 31.2 Å². The summed E-state index contributed by atoms with van der Waals surface area (Å²) in [6.07, 6.45) is -4.00. The molecule has 0 saturated carbocycles. The molecule has 0 bridgehead atoms. The number of alkyl halides is 4. The Bertz CT molecular complexity index is 191. The molecule has 2 N–H and O–H groups in total. The fourth-order valence-electron chi connectivity index (χ4n) is 0.280. The van der Waals surface area contributed by atoms with Crippen LogP contribution in [0.15, 0.2) is 0 Å². The van der Waals surface area contributed by atoms with Gasteiger partial charge >= 0.3 is 20.2 Å². The van der Waals surface area contributed by atoms with Gasteiger partial charge < -0.3 is 4.89 Å². The predicted octanol–water partition coefficient (Wildman–Crippen LogP) is 1.55. The molecule has 0 aromatic heterocycles. The van der Waals surface area contributed by atoms with Crippen LogP contribution in [0.1, 0.15) is 0 Å². The lowest BCUT2D eigenvalue weighted by atomic mass is 10.4. The first kappa shape index (κ1) is 11.8. The highest BCUT2D eigenvalue weighted by Crippen LogP contribution is 2.37. The molecule has 0 spiro atoms. The summed E-state index contributed by atoms with van der Waals surface area (Å²) in [5, 5.41) is 0.758. The topological polar surface area (TPSA) is 49.3 Å². The summed E-state index contributed by atoms with van der Waals surface area (Å²) in [7, 11) is -5.37. The Kier molecular flexibility index (Phi) is 3.61. The maximum Gasteiger partial charge on any atom is 0.440 e. The summed E-state index contributed by atoms with van der Waals surface area (Å²) in [6, 6.07) is 0. The minimum Gasteiger partial charge on any atom is -0.309 e. The molecule has 0 aliphatic rings. The number of rotatable bonds is 4. The molecule has 1 atom stereocenters. The minimum absolute atomic E-state index is 0.758. The Labute approximate surface area is 64.2 Å². The Morgan fingerprint density at radius 1 is 1.50 bits per heavy atom. The number of nitrogens with one attached hydrogen (secondary N) is 1. The molecule has 0 rings (SSSR count). The zero-order valence-electron chi connectivity index (χ0n) is 5.48. The van der Waals surface area contributed by atoms with E-state index < -0.39 is 26.7 Å². The molecular weight excluding hydrogens is 208 g/mol. The van der Waals surface area contributed by atoms with Crippen LogP contribution in [0.5, 0.6) is 0 Å². The van der Waals surface area contributed by atoms with E-state index >= 15 is 0 Å². The van der Waals surface area contributed by atoms with Crippen molar-refractivity contribution in [1.29, 1.82) is 0 Å². The van der Waals surface area contributed by atoms with Gasteiger partial charge in [-0.25, -0.2) is 18.4 Å². The van der Waals surface area contributed by atoms with Gasteiger partial charge in [-0.05, 0) is 0 Å². The molecule has 12 heavy (non-hydrogen) atoms. The zero-order chi connectivity index (χ0) is 9.99. The second kappa shape index (κ2) is 3.68. The lowest BCUT2D eigenvalue weighted by molar-refractivity contribution is -0.122. The Morgan fingerprint density at radius 3 is 2.17 bits per heavy atom. The Morgan fingerprint density at radius 2 is 1.92 bits per heavy atom. The lowest BCUT2D eigenvalue weighted by Crippen LogP contribution is -2.37. The monoisotopic (exact) mass is 213 g/mol. The molecule has 9 heteroatoms. The average Bonchev–Trinajstić information content (AvgIpc) is 1.82. The normalized spacial score (nSPS) is 17.9. The summed E-state index contributed by atoms with van der Waals surface area (Å²) in [4.78, 5) is 7.76. The molecule has 74 valence electrons. The van der Waals surface area contributed by atoms with Gasteiger partial charge in [0.2, 0.25) is 0 Å². The van der Waals surface area contributed by atoms with E-state index in [1.165, 1.54) is 0 Å². The summed E-state index contributed by atoms with van der Waals surface area (Å²) in [5.74, 6) is -4.51. The van der Waals surface area contributed by atoms with Gasteiger partial charge in [0.1, 0.15) is 0 Å². The first-order chi connectivity index (χ1) is 5.15. The van der Waals surface area contributed by atoms with Crippen LogP contribution in [-0.4, -0.2) is 23.8 Å². The van der Waals surface area contributed by atoms with Gasteiger partial charge in [-0.2, -0.15) is 8.78 Å². The van der Waals surface area contributed by atoms with Gasteiger partial charge in [-0.15, -0.1) is 4.20 Å². The van der Waals surface area contributed by atoms with E-state index in [1.807, 2.05) is 0 Å². The van der Waals surface area contributed by atoms with Crippen LogP contribution in [0.4, 0.5) is 21.8 Å². The van der Waals surface area contributed by atoms with E-state index in [4.69, 9.17) is 4.89 Å². The fourth-order valence-corrected chi connectivity index (χ4v) is 0.686. The lowest BCUT2D eigenvalue weighted by Gasteiger charge is -2.15. The third-order valence-corrected chi connectivity index (χ3v) is 1.38. The first-order valence-corrected chi connectivity index (χ1v) is 4.14. The SMILES string of the molecule is O=P(O)(F)NCC(F)(F)C(F)F. The number of hydrogen-bond donors (Lipinski definition) is 2. The van der Waals surface area contributed by atoms with Gasteiger partial charge in [-0.3, -0.25) is 0 Å². The molecule has 0 saturated heterocycles. The molecule has 0 fully saturated rings. The van der Waals surface area contributed by atoms with E-state index in [0.29, 0.717) is 0 Å². The maximum atomic E-state index is 11.9. The van der Waals surface area contributed by atoms with E-state index in [0.717, 1.165) is 5.09 Å². The molecule has 0 radical (unpaired) electrons. The highest BCUT2D eigenvalue weighted by molar-refractivity contribution is 7.50. The minimum atomic E-state index is -5.37. The van der Waals surface area contributed by atoms with Crippen LogP contribution in [0.25, 0.3) is 0 Å². The second-order valence-corrected chi connectivity index (χ2v) is 3.22. The van der Waals surface area contributed by atoms with Crippen LogP contribution < -0.4 is 5.09 Å². The summed E-state index contributed by atoms with van der Waals surface area (Å²) in [6.45, 7) is -1.88. The van der Waals surface area contributed by atoms with Crippen LogP contribution in [0, 0.1) is 0 Å². The highest BCUT2D eigenvalue weighted by atomic mass is 31.2. The standard InChI is InChI=1S/C3H5F5NO2P/c4-2(5)3(6,7)1-9-12(8,10)11/h2H,1H2,(H2,9,10,11). The molecule has 1 unspecified atom stereocenters. The Hall–Kier alpha value is -0.200. The second-order valence-electron chi connectivity index (χ2n) is 1.90. The van der Waals surface area contributed by atoms with Gasteiger partial charge in [0.05, 0.1) is 6.54 Å². The predicted molar refractivity (Wildman–Crippen MR) is 29.9 cm³/mol. The zero-order valence-corrected chi connectivity index (χ0v) is 6.37. The van der Waals surface area contributed by atoms with Crippen LogP contribution in [-0.2, 0) is 4.57 Å². The van der Waals surface area contributed by atoms with Crippen molar-refractivity contribution in [2.75, 3.05) is 6.54 Å². The molecule has 0 amide bonds. The highest BCUT2D eigenvalue weighted by Gasteiger charge is 2.42. The van der Waals surface area contributed by atoms with Gasteiger partial charge in [0.25, 0.3) is 0 Å². The molecule has 0 aliphatic heterocycles. The molecule has 0 heterocycles. The van der Waals surface area contributed by atoms with Crippen molar-refractivity contribution in [1.82, 2.24) is 5.09 Å². The molecule has 0 aromatic carbocycles. The van der Waals surface area contributed by atoms with Crippen molar-refractivity contribution in [2.45, 2.75) is 12.3 Å². The van der Waals surface area contributed by atoms with Gasteiger partial charge in [0, 0.05) is 0 Å². The summed E-state index contributed by atoms with van der Waals surface area (Å²) < 4.78 is 67.6. The largest absolute Gasteiger partial charge is 0.440 e. The van der Waals surface area contributed by atoms with E-state index in [2.05, 4.69) is 0 Å². The van der Waals surface area contributed by atoms with Gasteiger partial charge in [-0.1, -0.05) is 0 Å². The third kappa shape index (κ3) is 4.63. The van der Waals surface area contributed by atoms with E-state index in [1.54, 1.807) is 0 Å². The van der Waals surface area contributed by atoms with Gasteiger partial charge in [0.15, 0.2) is 0 Å². The quantitative estimate of drug-likeness (QED) is 0.550. The van der Waals surface area contributed by atoms with E-state index in [9.17, 15) is 26.3 Å². The maximum absolute atomic E-state index is 11.9. The summed E-state index contributed by atoms with van der Waals surface area (Å²) >= 11 is 0. The van der Waals surface area contributed by atoms with Crippen LogP contribution in [0.2, 0.25) is 0 Å². The fraction of sp³-hybridized carbons (Fsp3) is 1.00. The van der Waals surface area contributed by atoms with Crippen molar-refractivity contribution in [3.63, 3.8) is 0 Å². The molecule has 0 aromatic rings. The average molecular weight is 213 g/mol. The van der Waals surface area contributed by atoms with E-state index in [-0.39, 0.29) is 0 Å². The molecule has 3 nitrogen and oxygen atoms in total. The number of hydrogen-bond acceptors (Lipinski definition) is 1. The smallest absolute Gasteiger partial charge is 0.309 e.